The Morgan fingerprint density at radius 1 is 0.944 bits per heavy atom. The highest BCUT2D eigenvalue weighted by atomic mass is 35.5. The summed E-state index contributed by atoms with van der Waals surface area (Å²) in [7, 11) is 1.47. The van der Waals surface area contributed by atoms with Crippen molar-refractivity contribution in [2.45, 2.75) is 13.8 Å². The number of nitrogens with zero attached hydrogens (tertiary/aromatic N) is 2. The SMILES string of the molecule is COc1ccc(N2C(=O)NC(=O)C(=Cc3cc(C)n(-c4cccc5ccccc45)c3C)C2=O)cc1Cl. The van der Waals surface area contributed by atoms with Gasteiger partial charge in [0, 0.05) is 16.8 Å². The first-order valence-corrected chi connectivity index (χ1v) is 11.6. The minimum absolute atomic E-state index is 0.153. The number of amides is 4. The molecule has 1 fully saturated rings. The molecule has 0 aliphatic carbocycles. The number of aromatic nitrogens is 1. The Morgan fingerprint density at radius 2 is 1.69 bits per heavy atom. The second kappa shape index (κ2) is 9.02. The molecule has 36 heavy (non-hydrogen) atoms. The molecule has 0 radical (unpaired) electrons. The van der Waals surface area contributed by atoms with E-state index in [4.69, 9.17) is 16.3 Å². The van der Waals surface area contributed by atoms with Gasteiger partial charge in [0.15, 0.2) is 0 Å². The van der Waals surface area contributed by atoms with Crippen molar-refractivity contribution in [2.75, 3.05) is 12.0 Å². The summed E-state index contributed by atoms with van der Waals surface area (Å²) in [5.41, 5.74) is 3.56. The quantitative estimate of drug-likeness (QED) is 0.294. The fourth-order valence-corrected chi connectivity index (χ4v) is 4.80. The van der Waals surface area contributed by atoms with Crippen molar-refractivity contribution in [1.29, 1.82) is 0 Å². The Hall–Kier alpha value is -4.36. The van der Waals surface area contributed by atoms with Crippen LogP contribution in [0.25, 0.3) is 22.5 Å². The molecule has 5 rings (SSSR count). The van der Waals surface area contributed by atoms with Crippen LogP contribution in [0.4, 0.5) is 10.5 Å². The molecule has 2 heterocycles. The van der Waals surface area contributed by atoms with E-state index in [-0.39, 0.29) is 16.3 Å². The van der Waals surface area contributed by atoms with E-state index < -0.39 is 17.8 Å². The van der Waals surface area contributed by atoms with Crippen LogP contribution in [0.1, 0.15) is 17.0 Å². The Kier molecular flexibility index (Phi) is 5.86. The van der Waals surface area contributed by atoms with Gasteiger partial charge >= 0.3 is 6.03 Å². The average molecular weight is 500 g/mol. The van der Waals surface area contributed by atoms with Crippen molar-refractivity contribution < 1.29 is 19.1 Å². The molecule has 1 aromatic heterocycles. The zero-order valence-electron chi connectivity index (χ0n) is 19.8. The summed E-state index contributed by atoms with van der Waals surface area (Å²) >= 11 is 6.20. The summed E-state index contributed by atoms with van der Waals surface area (Å²) in [5, 5.41) is 4.68. The van der Waals surface area contributed by atoms with Gasteiger partial charge in [0.25, 0.3) is 11.8 Å². The number of halogens is 1. The summed E-state index contributed by atoms with van der Waals surface area (Å²) in [6.07, 6.45) is 1.52. The zero-order valence-corrected chi connectivity index (χ0v) is 20.6. The maximum atomic E-state index is 13.4. The maximum absolute atomic E-state index is 13.4. The summed E-state index contributed by atoms with van der Waals surface area (Å²) in [6, 6.07) is 19.8. The Labute approximate surface area is 212 Å². The van der Waals surface area contributed by atoms with Crippen LogP contribution in [-0.2, 0) is 9.59 Å². The van der Waals surface area contributed by atoms with E-state index >= 15 is 0 Å². The first kappa shape index (κ1) is 23.4. The van der Waals surface area contributed by atoms with Crippen LogP contribution in [-0.4, -0.2) is 29.5 Å². The molecule has 4 amide bonds. The Balaban J connectivity index is 1.58. The number of rotatable bonds is 4. The van der Waals surface area contributed by atoms with Gasteiger partial charge in [-0.25, -0.2) is 9.69 Å². The van der Waals surface area contributed by atoms with E-state index in [0.717, 1.165) is 32.7 Å². The highest BCUT2D eigenvalue weighted by molar-refractivity contribution is 6.39. The van der Waals surface area contributed by atoms with Crippen molar-refractivity contribution in [3.63, 3.8) is 0 Å². The van der Waals surface area contributed by atoms with E-state index in [1.165, 1.54) is 25.3 Å². The first-order chi connectivity index (χ1) is 17.3. The Bertz CT molecular complexity index is 1600. The topological polar surface area (TPSA) is 80.6 Å². The highest BCUT2D eigenvalue weighted by Crippen LogP contribution is 2.32. The standard InChI is InChI=1S/C28H22ClN3O4/c1-16-13-19(17(2)31(16)24-10-6-8-18-7-4-5-9-21(18)24)14-22-26(33)30-28(35)32(27(22)34)20-11-12-25(36-3)23(29)15-20/h4-15H,1-3H3,(H,30,33,35). The summed E-state index contributed by atoms with van der Waals surface area (Å²) in [5.74, 6) is -1.09. The molecular formula is C28H22ClN3O4. The third-order valence-corrected chi connectivity index (χ3v) is 6.57. The average Bonchev–Trinajstić information content (AvgIpc) is 3.13. The number of ether oxygens (including phenoxy) is 1. The first-order valence-electron chi connectivity index (χ1n) is 11.2. The minimum atomic E-state index is -0.843. The molecule has 1 aliphatic heterocycles. The number of methoxy groups -OCH3 is 1. The molecule has 7 nitrogen and oxygen atoms in total. The second-order valence-corrected chi connectivity index (χ2v) is 8.84. The number of carbonyl (C=O) groups is 3. The molecule has 8 heteroatoms. The number of benzene rings is 3. The molecule has 0 saturated carbocycles. The molecule has 1 saturated heterocycles. The Morgan fingerprint density at radius 3 is 2.44 bits per heavy atom. The van der Waals surface area contributed by atoms with Crippen molar-refractivity contribution in [3.8, 4) is 11.4 Å². The fourth-order valence-electron chi connectivity index (χ4n) is 4.55. The van der Waals surface area contributed by atoms with E-state index in [0.29, 0.717) is 11.3 Å². The van der Waals surface area contributed by atoms with Gasteiger partial charge in [-0.15, -0.1) is 0 Å². The number of hydrogen-bond donors (Lipinski definition) is 1. The monoisotopic (exact) mass is 499 g/mol. The number of barbiturate groups is 1. The highest BCUT2D eigenvalue weighted by Gasteiger charge is 2.37. The van der Waals surface area contributed by atoms with Gasteiger partial charge in [-0.2, -0.15) is 0 Å². The van der Waals surface area contributed by atoms with Crippen LogP contribution in [0.15, 0.2) is 72.3 Å². The molecule has 0 spiro atoms. The number of hydrogen-bond acceptors (Lipinski definition) is 4. The molecule has 3 aromatic carbocycles. The predicted molar refractivity (Wildman–Crippen MR) is 140 cm³/mol. The van der Waals surface area contributed by atoms with Crippen LogP contribution < -0.4 is 15.0 Å². The zero-order chi connectivity index (χ0) is 25.6. The van der Waals surface area contributed by atoms with Crippen molar-refractivity contribution >= 4 is 52.0 Å². The molecule has 180 valence electrons. The van der Waals surface area contributed by atoms with Crippen LogP contribution in [0.5, 0.6) is 5.75 Å². The van der Waals surface area contributed by atoms with Crippen LogP contribution in [0, 0.1) is 13.8 Å². The summed E-state index contributed by atoms with van der Waals surface area (Å²) in [6.45, 7) is 3.90. The molecule has 0 bridgehead atoms. The van der Waals surface area contributed by atoms with Crippen LogP contribution >= 0.6 is 11.6 Å². The second-order valence-electron chi connectivity index (χ2n) is 8.44. The van der Waals surface area contributed by atoms with E-state index in [9.17, 15) is 14.4 Å². The number of nitrogens with one attached hydrogen (secondary N) is 1. The molecule has 0 unspecified atom stereocenters. The third-order valence-electron chi connectivity index (χ3n) is 6.27. The van der Waals surface area contributed by atoms with Gasteiger partial charge in [0.2, 0.25) is 0 Å². The number of urea groups is 1. The number of aryl methyl sites for hydroxylation is 1. The van der Waals surface area contributed by atoms with Crippen molar-refractivity contribution in [1.82, 2.24) is 9.88 Å². The maximum Gasteiger partial charge on any atom is 0.335 e. The summed E-state index contributed by atoms with van der Waals surface area (Å²) in [4.78, 5) is 39.5. The van der Waals surface area contributed by atoms with Crippen LogP contribution in [0.2, 0.25) is 5.02 Å². The lowest BCUT2D eigenvalue weighted by Crippen LogP contribution is -2.54. The lowest BCUT2D eigenvalue weighted by Gasteiger charge is -2.26. The van der Waals surface area contributed by atoms with Gasteiger partial charge in [0.1, 0.15) is 11.3 Å². The minimum Gasteiger partial charge on any atom is -0.495 e. The van der Waals surface area contributed by atoms with Gasteiger partial charge < -0.3 is 9.30 Å². The molecule has 4 aromatic rings. The van der Waals surface area contributed by atoms with E-state index in [1.807, 2.05) is 44.2 Å². The van der Waals surface area contributed by atoms with Crippen LogP contribution in [0.3, 0.4) is 0 Å². The lowest BCUT2D eigenvalue weighted by molar-refractivity contribution is -0.122. The largest absolute Gasteiger partial charge is 0.495 e. The fraction of sp³-hybridized carbons (Fsp3) is 0.107. The van der Waals surface area contributed by atoms with Gasteiger partial charge in [-0.3, -0.25) is 14.9 Å². The molecular weight excluding hydrogens is 478 g/mol. The molecule has 1 N–H and O–H groups in total. The van der Waals surface area contributed by atoms with Gasteiger partial charge in [0.05, 0.1) is 23.5 Å². The van der Waals surface area contributed by atoms with Crippen molar-refractivity contribution in [2.24, 2.45) is 0 Å². The number of imide groups is 2. The van der Waals surface area contributed by atoms with Crippen molar-refractivity contribution in [3.05, 3.63) is 94.3 Å². The van der Waals surface area contributed by atoms with E-state index in [2.05, 4.69) is 28.1 Å². The van der Waals surface area contributed by atoms with Gasteiger partial charge in [-0.05, 0) is 61.2 Å². The number of anilines is 1. The van der Waals surface area contributed by atoms with E-state index in [1.54, 1.807) is 6.07 Å². The summed E-state index contributed by atoms with van der Waals surface area (Å²) < 4.78 is 7.23. The third kappa shape index (κ3) is 3.83. The smallest absolute Gasteiger partial charge is 0.335 e. The predicted octanol–water partition coefficient (Wildman–Crippen LogP) is 5.58. The lowest BCUT2D eigenvalue weighted by atomic mass is 10.1. The normalized spacial score (nSPS) is 15.1. The number of carbonyl (C=O) groups excluding carboxylic acids is 3. The molecule has 1 aliphatic rings. The molecule has 0 atom stereocenters. The number of fused-ring (bicyclic) bond motifs is 1. The van der Waals surface area contributed by atoms with Gasteiger partial charge in [-0.1, -0.05) is 48.0 Å².